The summed E-state index contributed by atoms with van der Waals surface area (Å²) >= 11 is 0. The number of aryl methyl sites for hydroxylation is 1. The van der Waals surface area contributed by atoms with Gasteiger partial charge in [0, 0.05) is 12.7 Å². The number of carbonyl (C=O) groups is 1. The molecular weight excluding hydrogens is 246 g/mol. The second-order valence-electron chi connectivity index (χ2n) is 5.04. The van der Waals surface area contributed by atoms with Gasteiger partial charge in [-0.15, -0.1) is 0 Å². The molecule has 2 aromatic rings. The van der Waals surface area contributed by atoms with Crippen molar-refractivity contribution in [2.24, 2.45) is 0 Å². The quantitative estimate of drug-likeness (QED) is 0.806. The molecule has 2 nitrogen and oxygen atoms in total. The molecule has 2 rings (SSSR count). The molecule has 0 N–H and O–H groups in total. The summed E-state index contributed by atoms with van der Waals surface area (Å²) in [6, 6.07) is 18.1. The Bertz CT molecular complexity index is 563. The van der Waals surface area contributed by atoms with Crippen LogP contribution in [0.5, 0.6) is 0 Å². The molecule has 0 saturated carbocycles. The molecule has 0 aliphatic carbocycles. The Labute approximate surface area is 121 Å². The zero-order chi connectivity index (χ0) is 14.4. The molecule has 0 atom stereocenters. The van der Waals surface area contributed by atoms with Crippen LogP contribution in [0.15, 0.2) is 54.6 Å². The summed E-state index contributed by atoms with van der Waals surface area (Å²) in [6.07, 6.45) is 2.61. The Hall–Kier alpha value is -2.09. The van der Waals surface area contributed by atoms with Gasteiger partial charge in [-0.1, -0.05) is 55.8 Å². The van der Waals surface area contributed by atoms with Gasteiger partial charge in [-0.2, -0.15) is 0 Å². The standard InChI is InChI=1S/C18H21NO/c1-3-8-15-11-7-12-17(13-15)19(2)18(20)14-16-9-5-4-6-10-16/h4-7,9-13H,3,8,14H2,1-2H3. The molecule has 0 fully saturated rings. The highest BCUT2D eigenvalue weighted by Gasteiger charge is 2.11. The van der Waals surface area contributed by atoms with Crippen molar-refractivity contribution in [2.45, 2.75) is 26.2 Å². The molecule has 2 heteroatoms. The first kappa shape index (κ1) is 14.3. The van der Waals surface area contributed by atoms with Crippen molar-refractivity contribution in [3.63, 3.8) is 0 Å². The van der Waals surface area contributed by atoms with Gasteiger partial charge < -0.3 is 4.90 Å². The largest absolute Gasteiger partial charge is 0.315 e. The van der Waals surface area contributed by atoms with Gasteiger partial charge in [0.2, 0.25) is 5.91 Å². The molecule has 2 aromatic carbocycles. The Morgan fingerprint density at radius 1 is 1.00 bits per heavy atom. The molecular formula is C18H21NO. The van der Waals surface area contributed by atoms with Crippen LogP contribution in [0, 0.1) is 0 Å². The second-order valence-corrected chi connectivity index (χ2v) is 5.04. The summed E-state index contributed by atoms with van der Waals surface area (Å²) in [6.45, 7) is 2.16. The smallest absolute Gasteiger partial charge is 0.231 e. The van der Waals surface area contributed by atoms with Crippen molar-refractivity contribution >= 4 is 11.6 Å². The highest BCUT2D eigenvalue weighted by molar-refractivity contribution is 5.94. The number of likely N-dealkylation sites (N-methyl/N-ethyl adjacent to an activating group) is 1. The lowest BCUT2D eigenvalue weighted by Crippen LogP contribution is -2.27. The fourth-order valence-electron chi connectivity index (χ4n) is 2.24. The normalized spacial score (nSPS) is 10.3. The Morgan fingerprint density at radius 3 is 2.40 bits per heavy atom. The Morgan fingerprint density at radius 2 is 1.70 bits per heavy atom. The Kier molecular flexibility index (Phi) is 4.94. The summed E-state index contributed by atoms with van der Waals surface area (Å²) in [5.74, 6) is 0.116. The first-order valence-electron chi connectivity index (χ1n) is 7.10. The average Bonchev–Trinajstić information content (AvgIpc) is 2.48. The molecule has 0 heterocycles. The van der Waals surface area contributed by atoms with Gasteiger partial charge in [-0.05, 0) is 29.7 Å². The van der Waals surface area contributed by atoms with Crippen LogP contribution in [0.25, 0.3) is 0 Å². The minimum atomic E-state index is 0.116. The van der Waals surface area contributed by atoms with E-state index in [-0.39, 0.29) is 5.91 Å². The van der Waals surface area contributed by atoms with Crippen molar-refractivity contribution in [2.75, 3.05) is 11.9 Å². The van der Waals surface area contributed by atoms with Crippen molar-refractivity contribution in [1.82, 2.24) is 0 Å². The predicted molar refractivity (Wildman–Crippen MR) is 84.0 cm³/mol. The lowest BCUT2D eigenvalue weighted by atomic mass is 10.1. The SMILES string of the molecule is CCCc1cccc(N(C)C(=O)Cc2ccccc2)c1. The number of benzene rings is 2. The van der Waals surface area contributed by atoms with Crippen molar-refractivity contribution < 1.29 is 4.79 Å². The van der Waals surface area contributed by atoms with Gasteiger partial charge >= 0.3 is 0 Å². The highest BCUT2D eigenvalue weighted by atomic mass is 16.2. The van der Waals surface area contributed by atoms with Gasteiger partial charge in [0.25, 0.3) is 0 Å². The van der Waals surface area contributed by atoms with Crippen molar-refractivity contribution in [3.05, 3.63) is 65.7 Å². The van der Waals surface area contributed by atoms with E-state index in [0.29, 0.717) is 6.42 Å². The lowest BCUT2D eigenvalue weighted by molar-refractivity contribution is -0.117. The number of carbonyl (C=O) groups excluding carboxylic acids is 1. The van der Waals surface area contributed by atoms with E-state index in [0.717, 1.165) is 24.1 Å². The van der Waals surface area contributed by atoms with E-state index < -0.39 is 0 Å². The third-order valence-corrected chi connectivity index (χ3v) is 3.41. The van der Waals surface area contributed by atoms with Crippen LogP contribution in [0.4, 0.5) is 5.69 Å². The molecule has 0 spiro atoms. The van der Waals surface area contributed by atoms with Gasteiger partial charge in [0.05, 0.1) is 6.42 Å². The molecule has 0 aliphatic rings. The molecule has 104 valence electrons. The number of hydrogen-bond acceptors (Lipinski definition) is 1. The topological polar surface area (TPSA) is 20.3 Å². The van der Waals surface area contributed by atoms with Gasteiger partial charge in [-0.3, -0.25) is 4.79 Å². The van der Waals surface area contributed by atoms with Crippen LogP contribution in [0.3, 0.4) is 0 Å². The van der Waals surface area contributed by atoms with Crippen molar-refractivity contribution in [1.29, 1.82) is 0 Å². The minimum Gasteiger partial charge on any atom is -0.315 e. The molecule has 0 aliphatic heterocycles. The van der Waals surface area contributed by atoms with E-state index in [1.807, 2.05) is 49.5 Å². The second kappa shape index (κ2) is 6.90. The molecule has 0 aromatic heterocycles. The molecule has 0 radical (unpaired) electrons. The van der Waals surface area contributed by atoms with Crippen LogP contribution in [0.1, 0.15) is 24.5 Å². The fourth-order valence-corrected chi connectivity index (χ4v) is 2.24. The van der Waals surface area contributed by atoms with Crippen LogP contribution < -0.4 is 4.90 Å². The van der Waals surface area contributed by atoms with Gasteiger partial charge in [-0.25, -0.2) is 0 Å². The zero-order valence-corrected chi connectivity index (χ0v) is 12.2. The number of hydrogen-bond donors (Lipinski definition) is 0. The Balaban J connectivity index is 2.08. The van der Waals surface area contributed by atoms with E-state index in [9.17, 15) is 4.79 Å². The summed E-state index contributed by atoms with van der Waals surface area (Å²) in [7, 11) is 1.84. The van der Waals surface area contributed by atoms with Crippen molar-refractivity contribution in [3.8, 4) is 0 Å². The summed E-state index contributed by atoms with van der Waals surface area (Å²) in [5.41, 5.74) is 3.30. The minimum absolute atomic E-state index is 0.116. The van der Waals surface area contributed by atoms with Crippen LogP contribution in [-0.2, 0) is 17.6 Å². The van der Waals surface area contributed by atoms with Crippen LogP contribution >= 0.6 is 0 Å². The molecule has 20 heavy (non-hydrogen) atoms. The third-order valence-electron chi connectivity index (χ3n) is 3.41. The lowest BCUT2D eigenvalue weighted by Gasteiger charge is -2.18. The fraction of sp³-hybridized carbons (Fsp3) is 0.278. The zero-order valence-electron chi connectivity index (χ0n) is 12.2. The first-order chi connectivity index (χ1) is 9.70. The number of rotatable bonds is 5. The van der Waals surface area contributed by atoms with Crippen LogP contribution in [-0.4, -0.2) is 13.0 Å². The number of anilines is 1. The molecule has 0 saturated heterocycles. The summed E-state index contributed by atoms with van der Waals surface area (Å²) < 4.78 is 0. The number of nitrogens with zero attached hydrogens (tertiary/aromatic N) is 1. The van der Waals surface area contributed by atoms with E-state index >= 15 is 0 Å². The summed E-state index contributed by atoms with van der Waals surface area (Å²) in [5, 5.41) is 0. The molecule has 0 unspecified atom stereocenters. The van der Waals surface area contributed by atoms with E-state index in [2.05, 4.69) is 19.1 Å². The maximum Gasteiger partial charge on any atom is 0.231 e. The summed E-state index contributed by atoms with van der Waals surface area (Å²) in [4.78, 5) is 14.1. The van der Waals surface area contributed by atoms with Gasteiger partial charge in [0.1, 0.15) is 0 Å². The highest BCUT2D eigenvalue weighted by Crippen LogP contribution is 2.17. The van der Waals surface area contributed by atoms with E-state index in [1.54, 1.807) is 4.90 Å². The number of amides is 1. The van der Waals surface area contributed by atoms with Gasteiger partial charge in [0.15, 0.2) is 0 Å². The van der Waals surface area contributed by atoms with E-state index in [4.69, 9.17) is 0 Å². The molecule has 1 amide bonds. The first-order valence-corrected chi connectivity index (χ1v) is 7.10. The predicted octanol–water partition coefficient (Wildman–Crippen LogP) is 3.84. The monoisotopic (exact) mass is 267 g/mol. The van der Waals surface area contributed by atoms with E-state index in [1.165, 1.54) is 5.56 Å². The maximum atomic E-state index is 12.3. The maximum absolute atomic E-state index is 12.3. The average molecular weight is 267 g/mol. The molecule has 0 bridgehead atoms. The van der Waals surface area contributed by atoms with Crippen LogP contribution in [0.2, 0.25) is 0 Å². The third kappa shape index (κ3) is 3.70.